The maximum atomic E-state index is 14.2. The predicted octanol–water partition coefficient (Wildman–Crippen LogP) is 7.68. The van der Waals surface area contributed by atoms with Crippen LogP contribution in [0.15, 0.2) is 116 Å². The summed E-state index contributed by atoms with van der Waals surface area (Å²) in [5.74, 6) is -3.59. The second kappa shape index (κ2) is 22.2. The molecule has 0 radical (unpaired) electrons. The molecule has 61 heavy (non-hydrogen) atoms. The molecule has 322 valence electrons. The van der Waals surface area contributed by atoms with Crippen LogP contribution in [0.4, 0.5) is 8.78 Å². The quantitative estimate of drug-likeness (QED) is 0.0379. The van der Waals surface area contributed by atoms with Crippen molar-refractivity contribution in [2.24, 2.45) is 16.6 Å². The molecule has 4 aromatic carbocycles. The third-order valence-corrected chi connectivity index (χ3v) is 10.7. The number of nitrogens with one attached hydrogen (secondary N) is 2. The van der Waals surface area contributed by atoms with E-state index >= 15 is 0 Å². The van der Waals surface area contributed by atoms with Crippen molar-refractivity contribution in [2.45, 2.75) is 50.6 Å². The van der Waals surface area contributed by atoms with Crippen LogP contribution in [0.5, 0.6) is 0 Å². The van der Waals surface area contributed by atoms with Crippen molar-refractivity contribution in [3.05, 3.63) is 155 Å². The van der Waals surface area contributed by atoms with Crippen molar-refractivity contribution >= 4 is 41.0 Å². The second-order valence-electron chi connectivity index (χ2n) is 14.7. The monoisotopic (exact) mass is 877 g/mol. The minimum Gasteiger partial charge on any atom is -0.481 e. The van der Waals surface area contributed by atoms with Crippen molar-refractivity contribution in [3.8, 4) is 22.3 Å². The van der Waals surface area contributed by atoms with Crippen molar-refractivity contribution in [1.29, 1.82) is 0 Å². The van der Waals surface area contributed by atoms with E-state index in [1.807, 2.05) is 12.1 Å². The number of rotatable bonds is 20. The maximum Gasteiger partial charge on any atom is 0.312 e. The molecule has 8 N–H and O–H groups in total. The van der Waals surface area contributed by atoms with Crippen LogP contribution >= 0.6 is 23.2 Å². The van der Waals surface area contributed by atoms with Gasteiger partial charge in [-0.2, -0.15) is 15.4 Å². The number of carboxylic acid groups (broad SMARTS) is 2. The SMILES string of the molecule is C=CCC(CO)(C[C@@H](Cc1ccc(-c2cc(Cl)ccc2F)cc1)NC(=O)c1cn[nH]n1)C(=O)O.C=CCC(CO)(C[C@H](N)Cc1ccc(-c2cc(Cl)ccc2F)cc1)C(=O)O. The normalized spacial score (nSPS) is 14.0. The summed E-state index contributed by atoms with van der Waals surface area (Å²) in [5, 5.41) is 52.1. The zero-order chi connectivity index (χ0) is 44.7. The Morgan fingerprint density at radius 1 is 0.754 bits per heavy atom. The number of aliphatic carboxylic acids is 2. The molecule has 0 bridgehead atoms. The third kappa shape index (κ3) is 12.9. The first kappa shape index (κ1) is 47.9. The number of amides is 1. The Morgan fingerprint density at radius 2 is 1.21 bits per heavy atom. The molecular weight excluding hydrogens is 831 g/mol. The van der Waals surface area contributed by atoms with Crippen LogP contribution < -0.4 is 11.1 Å². The van der Waals surface area contributed by atoms with Crippen LogP contribution in [0.2, 0.25) is 10.0 Å². The molecule has 0 aliphatic rings. The minimum absolute atomic E-state index is 0.0160. The van der Waals surface area contributed by atoms with E-state index in [9.17, 15) is 43.6 Å². The number of aliphatic hydroxyl groups is 2. The number of nitrogens with two attached hydrogens (primary N) is 1. The van der Waals surface area contributed by atoms with Crippen LogP contribution in [0.1, 0.15) is 47.3 Å². The summed E-state index contributed by atoms with van der Waals surface area (Å²) in [7, 11) is 0. The Kier molecular flexibility index (Phi) is 17.4. The maximum absolute atomic E-state index is 14.2. The molecule has 0 aliphatic carbocycles. The fourth-order valence-corrected chi connectivity index (χ4v) is 7.26. The molecule has 1 heterocycles. The molecule has 5 rings (SSSR count). The first-order valence-electron chi connectivity index (χ1n) is 19.0. The lowest BCUT2D eigenvalue weighted by molar-refractivity contribution is -0.153. The number of carbonyl (C=O) groups excluding carboxylic acids is 1. The molecule has 0 saturated carbocycles. The van der Waals surface area contributed by atoms with Crippen molar-refractivity contribution in [3.63, 3.8) is 0 Å². The summed E-state index contributed by atoms with van der Waals surface area (Å²) in [5.41, 5.74) is 7.08. The van der Waals surface area contributed by atoms with Crippen LogP contribution in [0, 0.1) is 22.5 Å². The van der Waals surface area contributed by atoms with E-state index in [0.29, 0.717) is 38.7 Å². The van der Waals surface area contributed by atoms with Gasteiger partial charge < -0.3 is 31.5 Å². The topological polar surface area (TPSA) is 212 Å². The number of halogens is 4. The van der Waals surface area contributed by atoms with Gasteiger partial charge in [0.05, 0.1) is 30.2 Å². The standard InChI is InChI=1S/C24H24ClFN4O4.C21H23ClFNO3/c1-2-9-24(14-31,23(33)34)12-18(28-22(32)21-13-27-30-29-21)10-15-3-5-16(6-4-15)19-11-17(25)7-8-20(19)26;1-2-9-21(13-25,20(26)27)12-17(24)10-14-3-5-15(6-4-14)18-11-16(22)7-8-19(18)23/h2-8,11,13,18,31H,1,9-10,12,14H2,(H,28,32)(H,33,34)(H,27,29,30);2-8,11,17,25H,1,9-10,12-13,24H2,(H,26,27)/t18-,24?;17-,21?/m11/s1. The van der Waals surface area contributed by atoms with Crippen LogP contribution in [-0.2, 0) is 22.4 Å². The lowest BCUT2D eigenvalue weighted by Gasteiger charge is -2.31. The lowest BCUT2D eigenvalue weighted by atomic mass is 9.78. The van der Waals surface area contributed by atoms with Gasteiger partial charge in [-0.05, 0) is 97.2 Å². The van der Waals surface area contributed by atoms with Gasteiger partial charge in [0.15, 0.2) is 5.69 Å². The molecular formula is C45H47Cl2F2N5O7. The van der Waals surface area contributed by atoms with E-state index in [1.165, 1.54) is 48.7 Å². The average Bonchev–Trinajstić information content (AvgIpc) is 3.79. The predicted molar refractivity (Wildman–Crippen MR) is 230 cm³/mol. The first-order valence-corrected chi connectivity index (χ1v) is 19.8. The van der Waals surface area contributed by atoms with Crippen molar-refractivity contribution in [1.82, 2.24) is 20.7 Å². The van der Waals surface area contributed by atoms with Gasteiger partial charge in [0.1, 0.15) is 11.6 Å². The largest absolute Gasteiger partial charge is 0.481 e. The third-order valence-electron chi connectivity index (χ3n) is 10.2. The second-order valence-corrected chi connectivity index (χ2v) is 15.6. The lowest BCUT2D eigenvalue weighted by Crippen LogP contribution is -2.45. The highest BCUT2D eigenvalue weighted by Crippen LogP contribution is 2.33. The molecule has 0 fully saturated rings. The van der Waals surface area contributed by atoms with E-state index in [0.717, 1.165) is 11.1 Å². The summed E-state index contributed by atoms with van der Waals surface area (Å²) in [6, 6.07) is 21.7. The number of hydrogen-bond acceptors (Lipinski definition) is 8. The number of aromatic amines is 1. The van der Waals surface area contributed by atoms with E-state index in [4.69, 9.17) is 28.9 Å². The fourth-order valence-electron chi connectivity index (χ4n) is 6.92. The van der Waals surface area contributed by atoms with Crippen LogP contribution in [0.3, 0.4) is 0 Å². The molecule has 0 spiro atoms. The fraction of sp³-hybridized carbons (Fsp3) is 0.267. The Balaban J connectivity index is 0.000000276. The van der Waals surface area contributed by atoms with E-state index in [-0.39, 0.29) is 43.6 Å². The average molecular weight is 879 g/mol. The minimum atomic E-state index is -1.52. The van der Waals surface area contributed by atoms with Crippen LogP contribution in [0.25, 0.3) is 22.3 Å². The molecule has 1 aromatic heterocycles. The summed E-state index contributed by atoms with van der Waals surface area (Å²) < 4.78 is 28.2. The number of allylic oxidation sites excluding steroid dienone is 2. The number of hydrogen-bond donors (Lipinski definition) is 7. The van der Waals surface area contributed by atoms with Gasteiger partial charge >= 0.3 is 11.9 Å². The number of carbonyl (C=O) groups is 3. The summed E-state index contributed by atoms with van der Waals surface area (Å²) >= 11 is 11.9. The summed E-state index contributed by atoms with van der Waals surface area (Å²) in [6.45, 7) is 6.03. The number of aliphatic hydroxyl groups excluding tert-OH is 2. The molecule has 2 unspecified atom stereocenters. The first-order chi connectivity index (χ1) is 29.1. The Labute approximate surface area is 361 Å². The highest BCUT2D eigenvalue weighted by molar-refractivity contribution is 6.31. The smallest absolute Gasteiger partial charge is 0.312 e. The number of benzene rings is 4. The van der Waals surface area contributed by atoms with Gasteiger partial charge in [0, 0.05) is 33.3 Å². The van der Waals surface area contributed by atoms with Gasteiger partial charge in [-0.25, -0.2) is 8.78 Å². The Hall–Kier alpha value is -5.77. The number of carboxylic acids is 2. The molecule has 4 atom stereocenters. The summed E-state index contributed by atoms with van der Waals surface area (Å²) in [4.78, 5) is 36.2. The number of nitrogens with zero attached hydrogens (tertiary/aromatic N) is 2. The zero-order valence-corrected chi connectivity index (χ0v) is 34.5. The molecule has 0 saturated heterocycles. The van der Waals surface area contributed by atoms with Crippen molar-refractivity contribution in [2.75, 3.05) is 13.2 Å². The van der Waals surface area contributed by atoms with Gasteiger partial charge in [-0.3, -0.25) is 14.4 Å². The van der Waals surface area contributed by atoms with E-state index < -0.39 is 59.8 Å². The van der Waals surface area contributed by atoms with Gasteiger partial charge in [-0.15, -0.1) is 13.2 Å². The highest BCUT2D eigenvalue weighted by Gasteiger charge is 2.40. The highest BCUT2D eigenvalue weighted by atomic mass is 35.5. The zero-order valence-electron chi connectivity index (χ0n) is 33.0. The molecule has 0 aliphatic heterocycles. The van der Waals surface area contributed by atoms with E-state index in [1.54, 1.807) is 42.5 Å². The summed E-state index contributed by atoms with van der Waals surface area (Å²) in [6.07, 6.45) is 5.07. The van der Waals surface area contributed by atoms with Gasteiger partial charge in [-0.1, -0.05) is 83.9 Å². The van der Waals surface area contributed by atoms with Crippen molar-refractivity contribution < 1.29 is 43.6 Å². The molecule has 1 amide bonds. The molecule has 5 aromatic rings. The van der Waals surface area contributed by atoms with Gasteiger partial charge in [0.25, 0.3) is 5.91 Å². The van der Waals surface area contributed by atoms with Crippen LogP contribution in [-0.4, -0.2) is 79.0 Å². The van der Waals surface area contributed by atoms with Gasteiger partial charge in [0.2, 0.25) is 0 Å². The number of H-pyrrole nitrogens is 1. The number of aromatic nitrogens is 3. The van der Waals surface area contributed by atoms with E-state index in [2.05, 4.69) is 33.9 Å². The molecule has 16 heteroatoms. The molecule has 12 nitrogen and oxygen atoms in total. The Bertz CT molecular complexity index is 2280. The Morgan fingerprint density at radius 3 is 1.62 bits per heavy atom.